The van der Waals surface area contributed by atoms with E-state index in [1.165, 1.54) is 22.1 Å². The number of thiazole rings is 1. The summed E-state index contributed by atoms with van der Waals surface area (Å²) in [5.41, 5.74) is 3.77. The molecule has 0 unspecified atom stereocenters. The zero-order valence-electron chi connectivity index (χ0n) is 17.1. The first kappa shape index (κ1) is 18.8. The molecule has 2 heterocycles. The molecule has 0 saturated carbocycles. The molecule has 6 rings (SSSR count). The highest BCUT2D eigenvalue weighted by atomic mass is 32.1. The molecule has 4 aromatic carbocycles. The van der Waals surface area contributed by atoms with Crippen molar-refractivity contribution in [2.75, 3.05) is 0 Å². The summed E-state index contributed by atoms with van der Waals surface area (Å²) in [6.07, 6.45) is 1.91. The maximum atomic E-state index is 12.9. The van der Waals surface area contributed by atoms with Gasteiger partial charge in [-0.25, -0.2) is 9.38 Å². The van der Waals surface area contributed by atoms with Crippen molar-refractivity contribution in [2.45, 2.75) is 6.61 Å². The molecule has 0 atom stereocenters. The van der Waals surface area contributed by atoms with Crippen molar-refractivity contribution in [3.05, 3.63) is 117 Å². The molecule has 4 nitrogen and oxygen atoms in total. The van der Waals surface area contributed by atoms with E-state index < -0.39 is 0 Å². The molecule has 2 aromatic heterocycles. The minimum atomic E-state index is -0.0324. The predicted molar refractivity (Wildman–Crippen MR) is 130 cm³/mol. The Labute approximate surface area is 187 Å². The van der Waals surface area contributed by atoms with Gasteiger partial charge in [0.1, 0.15) is 12.4 Å². The molecule has 154 valence electrons. The molecular formula is C27H18N2O2S. The van der Waals surface area contributed by atoms with E-state index in [1.807, 2.05) is 66.7 Å². The van der Waals surface area contributed by atoms with Crippen molar-refractivity contribution in [2.24, 2.45) is 0 Å². The topological polar surface area (TPSA) is 43.6 Å². The molecule has 0 aliphatic carbocycles. The Hall–Kier alpha value is -3.96. The fourth-order valence-electron chi connectivity index (χ4n) is 4.00. The van der Waals surface area contributed by atoms with Crippen molar-refractivity contribution in [3.63, 3.8) is 0 Å². The summed E-state index contributed by atoms with van der Waals surface area (Å²) in [6, 6.07) is 30.1. The third-order valence-electron chi connectivity index (χ3n) is 5.60. The van der Waals surface area contributed by atoms with Crippen molar-refractivity contribution >= 4 is 44.2 Å². The highest BCUT2D eigenvalue weighted by molar-refractivity contribution is 7.15. The Morgan fingerprint density at radius 3 is 2.56 bits per heavy atom. The Balaban J connectivity index is 1.26. The lowest BCUT2D eigenvalue weighted by Crippen LogP contribution is -2.22. The van der Waals surface area contributed by atoms with Gasteiger partial charge in [-0.3, -0.25) is 4.79 Å². The molecule has 0 bridgehead atoms. The largest absolute Gasteiger partial charge is 0.489 e. The summed E-state index contributed by atoms with van der Waals surface area (Å²) in [7, 11) is 0. The van der Waals surface area contributed by atoms with E-state index in [2.05, 4.69) is 35.3 Å². The fraction of sp³-hybridized carbons (Fsp3) is 0.0370. The molecular weight excluding hydrogens is 416 g/mol. The van der Waals surface area contributed by atoms with Crippen LogP contribution in [0.1, 0.15) is 11.1 Å². The Morgan fingerprint density at radius 1 is 0.875 bits per heavy atom. The van der Waals surface area contributed by atoms with Crippen LogP contribution in [-0.2, 0) is 6.61 Å². The second kappa shape index (κ2) is 7.62. The van der Waals surface area contributed by atoms with Gasteiger partial charge in [0.15, 0.2) is 4.96 Å². The molecule has 0 radical (unpaired) electrons. The van der Waals surface area contributed by atoms with Crippen LogP contribution in [0.2, 0.25) is 0 Å². The van der Waals surface area contributed by atoms with Crippen LogP contribution in [0.25, 0.3) is 32.8 Å². The van der Waals surface area contributed by atoms with Crippen LogP contribution in [0.15, 0.2) is 95.8 Å². The van der Waals surface area contributed by atoms with E-state index in [1.54, 1.807) is 4.40 Å². The van der Waals surface area contributed by atoms with E-state index in [9.17, 15) is 4.79 Å². The fourth-order valence-corrected chi connectivity index (χ4v) is 4.99. The average molecular weight is 435 g/mol. The van der Waals surface area contributed by atoms with Crippen LogP contribution in [-0.4, -0.2) is 9.38 Å². The van der Waals surface area contributed by atoms with Gasteiger partial charge < -0.3 is 4.74 Å². The molecule has 0 fully saturated rings. The van der Waals surface area contributed by atoms with Crippen LogP contribution in [0.4, 0.5) is 0 Å². The molecule has 0 aliphatic rings. The number of hydrogen-bond donors (Lipinski definition) is 0. The lowest BCUT2D eigenvalue weighted by molar-refractivity contribution is 0.307. The summed E-state index contributed by atoms with van der Waals surface area (Å²) >= 11 is 1.41. The third kappa shape index (κ3) is 3.24. The molecule has 0 aliphatic heterocycles. The maximum Gasteiger partial charge on any atom is 0.274 e. The van der Waals surface area contributed by atoms with Gasteiger partial charge in [0.05, 0.1) is 15.6 Å². The van der Waals surface area contributed by atoms with Crippen molar-refractivity contribution < 1.29 is 4.74 Å². The van der Waals surface area contributed by atoms with Crippen LogP contribution in [0.3, 0.4) is 0 Å². The van der Waals surface area contributed by atoms with E-state index in [0.717, 1.165) is 32.9 Å². The van der Waals surface area contributed by atoms with Crippen LogP contribution in [0, 0.1) is 0 Å². The third-order valence-corrected chi connectivity index (χ3v) is 6.57. The lowest BCUT2D eigenvalue weighted by atomic mass is 10.1. The molecule has 0 amide bonds. The first-order chi connectivity index (χ1) is 15.8. The second-order valence-corrected chi connectivity index (χ2v) is 8.64. The normalized spacial score (nSPS) is 12.2. The molecule has 6 aromatic rings. The number of hydrogen-bond acceptors (Lipinski definition) is 4. The van der Waals surface area contributed by atoms with Crippen molar-refractivity contribution in [3.8, 4) is 5.75 Å². The van der Waals surface area contributed by atoms with Gasteiger partial charge in [-0.05, 0) is 52.2 Å². The van der Waals surface area contributed by atoms with Crippen LogP contribution >= 0.6 is 11.3 Å². The maximum absolute atomic E-state index is 12.9. The standard InChI is InChI=1S/C27H18N2O2S/c30-26-25(32-27-28-23-10-3-4-11-24(23)29(26)27)16-18-12-14-21(15-13-18)31-17-20-8-5-7-19-6-1-2-9-22(19)20/h1-16H,17H2. The highest BCUT2D eigenvalue weighted by Gasteiger charge is 2.10. The molecule has 5 heteroatoms. The minimum absolute atomic E-state index is 0.0324. The molecule has 0 saturated heterocycles. The van der Waals surface area contributed by atoms with Crippen molar-refractivity contribution in [1.82, 2.24) is 9.38 Å². The second-order valence-electron chi connectivity index (χ2n) is 7.63. The zero-order valence-corrected chi connectivity index (χ0v) is 17.9. The minimum Gasteiger partial charge on any atom is -0.489 e. The van der Waals surface area contributed by atoms with E-state index in [-0.39, 0.29) is 5.56 Å². The number of nitrogens with zero attached hydrogens (tertiary/aromatic N) is 2. The summed E-state index contributed by atoms with van der Waals surface area (Å²) in [5.74, 6) is 0.796. The van der Waals surface area contributed by atoms with Gasteiger partial charge in [-0.15, -0.1) is 0 Å². The number of para-hydroxylation sites is 2. The summed E-state index contributed by atoms with van der Waals surface area (Å²) in [4.78, 5) is 18.2. The highest BCUT2D eigenvalue weighted by Crippen LogP contribution is 2.21. The first-order valence-electron chi connectivity index (χ1n) is 10.4. The van der Waals surface area contributed by atoms with Gasteiger partial charge in [0, 0.05) is 0 Å². The number of fused-ring (bicyclic) bond motifs is 4. The molecule has 32 heavy (non-hydrogen) atoms. The summed E-state index contributed by atoms with van der Waals surface area (Å²) in [6.45, 7) is 0.504. The lowest BCUT2D eigenvalue weighted by Gasteiger charge is -2.09. The zero-order chi connectivity index (χ0) is 21.5. The summed E-state index contributed by atoms with van der Waals surface area (Å²) < 4.78 is 8.38. The van der Waals surface area contributed by atoms with Crippen molar-refractivity contribution in [1.29, 1.82) is 0 Å². The van der Waals surface area contributed by atoms with Gasteiger partial charge in [0.2, 0.25) is 0 Å². The number of rotatable bonds is 4. The number of aromatic nitrogens is 2. The van der Waals surface area contributed by atoms with Gasteiger partial charge in [-0.1, -0.05) is 78.1 Å². The van der Waals surface area contributed by atoms with Gasteiger partial charge >= 0.3 is 0 Å². The molecule has 0 N–H and O–H groups in total. The van der Waals surface area contributed by atoms with Crippen LogP contribution in [0.5, 0.6) is 5.75 Å². The smallest absolute Gasteiger partial charge is 0.274 e. The quantitative estimate of drug-likeness (QED) is 0.384. The van der Waals surface area contributed by atoms with E-state index >= 15 is 0 Å². The first-order valence-corrected chi connectivity index (χ1v) is 11.2. The Bertz CT molecular complexity index is 1690. The molecule has 0 spiro atoms. The SMILES string of the molecule is O=c1c(=Cc2ccc(OCc3cccc4ccccc34)cc2)sc2nc3ccccc3n12. The number of benzene rings is 4. The average Bonchev–Trinajstić information content (AvgIpc) is 3.34. The Morgan fingerprint density at radius 2 is 1.66 bits per heavy atom. The number of imidazole rings is 1. The predicted octanol–water partition coefficient (Wildman–Crippen LogP) is 5.19. The monoisotopic (exact) mass is 434 g/mol. The van der Waals surface area contributed by atoms with E-state index in [4.69, 9.17) is 4.74 Å². The number of ether oxygens (including phenoxy) is 1. The van der Waals surface area contributed by atoms with Crippen LogP contribution < -0.4 is 14.8 Å². The Kier molecular flexibility index (Phi) is 4.47. The van der Waals surface area contributed by atoms with Gasteiger partial charge in [0.25, 0.3) is 5.56 Å². The summed E-state index contributed by atoms with van der Waals surface area (Å²) in [5, 5.41) is 2.42. The van der Waals surface area contributed by atoms with Gasteiger partial charge in [-0.2, -0.15) is 0 Å². The van der Waals surface area contributed by atoms with E-state index in [0.29, 0.717) is 11.1 Å².